The van der Waals surface area contributed by atoms with E-state index in [9.17, 15) is 19.8 Å². The molecule has 0 bridgehead atoms. The summed E-state index contributed by atoms with van der Waals surface area (Å²) in [6, 6.07) is 14.9. The lowest BCUT2D eigenvalue weighted by Gasteiger charge is -2.46. The standard InChI is InChI=1S/C31H41ClN2O5/c1-30(2,3)34(29(36)37)24-13-10-18-33(20-24)28(35)27(31(38)16-8-5-9-17-31)23-14-15-26(25(32)19-23)39-21-22-11-6-4-7-12-22/h4,6-7,11-12,14-15,19,24,27,38H,5,8-10,13,16-18,20-21H2,1-3H3,(H,36,37)/t24-,27?/m0/s1. The van der Waals surface area contributed by atoms with Gasteiger partial charge in [-0.2, -0.15) is 0 Å². The van der Waals surface area contributed by atoms with Gasteiger partial charge < -0.3 is 19.8 Å². The molecular weight excluding hydrogens is 516 g/mol. The van der Waals surface area contributed by atoms with Crippen LogP contribution in [-0.4, -0.2) is 62.3 Å². The number of benzene rings is 2. The molecule has 2 aliphatic rings. The third-order valence-electron chi connectivity index (χ3n) is 8.03. The van der Waals surface area contributed by atoms with Gasteiger partial charge in [0, 0.05) is 18.6 Å². The summed E-state index contributed by atoms with van der Waals surface area (Å²) in [6.07, 6.45) is 4.22. The van der Waals surface area contributed by atoms with Crippen LogP contribution in [0, 0.1) is 0 Å². The molecule has 2 atom stereocenters. The molecule has 8 heteroatoms. The molecule has 2 aromatic carbocycles. The number of hydrogen-bond donors (Lipinski definition) is 2. The van der Waals surface area contributed by atoms with E-state index in [0.29, 0.717) is 61.7 Å². The van der Waals surface area contributed by atoms with Gasteiger partial charge in [-0.05, 0) is 69.7 Å². The molecular formula is C31H41ClN2O5. The average molecular weight is 557 g/mol. The van der Waals surface area contributed by atoms with E-state index < -0.39 is 23.2 Å². The number of carboxylic acid groups (broad SMARTS) is 1. The summed E-state index contributed by atoms with van der Waals surface area (Å²) >= 11 is 6.66. The molecule has 212 valence electrons. The Morgan fingerprint density at radius 2 is 1.79 bits per heavy atom. The van der Waals surface area contributed by atoms with Gasteiger partial charge >= 0.3 is 6.09 Å². The Bertz CT molecular complexity index is 1140. The third-order valence-corrected chi connectivity index (χ3v) is 8.33. The highest BCUT2D eigenvalue weighted by atomic mass is 35.5. The van der Waals surface area contributed by atoms with Gasteiger partial charge in [0.05, 0.1) is 22.6 Å². The monoisotopic (exact) mass is 556 g/mol. The fourth-order valence-corrected chi connectivity index (χ4v) is 6.47. The van der Waals surface area contributed by atoms with Crippen molar-refractivity contribution in [1.29, 1.82) is 0 Å². The van der Waals surface area contributed by atoms with E-state index in [1.54, 1.807) is 17.0 Å². The van der Waals surface area contributed by atoms with Crippen molar-refractivity contribution < 1.29 is 24.5 Å². The smallest absolute Gasteiger partial charge is 0.408 e. The number of carbonyl (C=O) groups excluding carboxylic acids is 1. The summed E-state index contributed by atoms with van der Waals surface area (Å²) in [5, 5.41) is 22.2. The molecule has 0 spiro atoms. The third kappa shape index (κ3) is 6.87. The fourth-order valence-electron chi connectivity index (χ4n) is 6.22. The fraction of sp³-hybridized carbons (Fsp3) is 0.548. The van der Waals surface area contributed by atoms with E-state index >= 15 is 0 Å². The molecule has 0 radical (unpaired) electrons. The highest BCUT2D eigenvalue weighted by molar-refractivity contribution is 6.32. The SMILES string of the molecule is CC(C)(C)N(C(=O)O)[C@H]1CCCN(C(=O)C(c2ccc(OCc3ccccc3)c(Cl)c2)C2(O)CCCCC2)C1. The normalized spacial score (nSPS) is 20.2. The van der Waals surface area contributed by atoms with E-state index in [4.69, 9.17) is 16.3 Å². The zero-order chi connectivity index (χ0) is 28.2. The highest BCUT2D eigenvalue weighted by Gasteiger charge is 2.46. The van der Waals surface area contributed by atoms with Crippen LogP contribution in [0.1, 0.15) is 82.8 Å². The summed E-state index contributed by atoms with van der Waals surface area (Å²) in [5.74, 6) is -0.436. The van der Waals surface area contributed by atoms with Gasteiger partial charge in [-0.25, -0.2) is 4.79 Å². The molecule has 1 saturated carbocycles. The summed E-state index contributed by atoms with van der Waals surface area (Å²) in [4.78, 5) is 29.6. The number of amides is 2. The van der Waals surface area contributed by atoms with E-state index in [1.807, 2.05) is 57.2 Å². The first-order valence-electron chi connectivity index (χ1n) is 14.0. The van der Waals surface area contributed by atoms with Crippen LogP contribution in [-0.2, 0) is 11.4 Å². The van der Waals surface area contributed by atoms with Crippen LogP contribution in [0.15, 0.2) is 48.5 Å². The molecule has 2 N–H and O–H groups in total. The van der Waals surface area contributed by atoms with Crippen molar-refractivity contribution in [3.8, 4) is 5.75 Å². The van der Waals surface area contributed by atoms with Gasteiger partial charge in [0.15, 0.2) is 0 Å². The molecule has 39 heavy (non-hydrogen) atoms. The van der Waals surface area contributed by atoms with Crippen molar-refractivity contribution in [1.82, 2.24) is 9.80 Å². The minimum Gasteiger partial charge on any atom is -0.487 e. The lowest BCUT2D eigenvalue weighted by molar-refractivity contribution is -0.144. The zero-order valence-corrected chi connectivity index (χ0v) is 24.0. The number of likely N-dealkylation sites (tertiary alicyclic amines) is 1. The quantitative estimate of drug-likeness (QED) is 0.408. The molecule has 1 aliphatic carbocycles. The summed E-state index contributed by atoms with van der Waals surface area (Å²) in [7, 11) is 0. The number of halogens is 1. The van der Waals surface area contributed by atoms with Crippen molar-refractivity contribution in [2.45, 2.75) is 95.4 Å². The maximum atomic E-state index is 14.2. The van der Waals surface area contributed by atoms with Crippen LogP contribution >= 0.6 is 11.6 Å². The number of nitrogens with zero attached hydrogens (tertiary/aromatic N) is 2. The molecule has 7 nitrogen and oxygen atoms in total. The van der Waals surface area contributed by atoms with Crippen molar-refractivity contribution >= 4 is 23.6 Å². The summed E-state index contributed by atoms with van der Waals surface area (Å²) in [5.41, 5.74) is -0.0942. The van der Waals surface area contributed by atoms with Crippen LogP contribution in [0.3, 0.4) is 0 Å². The number of piperidine rings is 1. The summed E-state index contributed by atoms with van der Waals surface area (Å²) < 4.78 is 5.95. The largest absolute Gasteiger partial charge is 0.487 e. The predicted molar refractivity (Wildman–Crippen MR) is 152 cm³/mol. The topological polar surface area (TPSA) is 90.3 Å². The van der Waals surface area contributed by atoms with Gasteiger partial charge in [-0.15, -0.1) is 0 Å². The first kappa shape index (κ1) is 29.2. The number of hydrogen-bond acceptors (Lipinski definition) is 4. The molecule has 1 saturated heterocycles. The Hall–Kier alpha value is -2.77. The van der Waals surface area contributed by atoms with Gasteiger partial charge in [-0.1, -0.05) is 67.3 Å². The van der Waals surface area contributed by atoms with E-state index in [1.165, 1.54) is 4.90 Å². The van der Waals surface area contributed by atoms with Crippen LogP contribution in [0.25, 0.3) is 0 Å². The first-order valence-corrected chi connectivity index (χ1v) is 14.4. The minimum absolute atomic E-state index is 0.169. The van der Waals surface area contributed by atoms with Crippen molar-refractivity contribution in [2.24, 2.45) is 0 Å². The number of aliphatic hydroxyl groups is 1. The van der Waals surface area contributed by atoms with E-state index in [2.05, 4.69) is 0 Å². The zero-order valence-electron chi connectivity index (χ0n) is 23.2. The molecule has 4 rings (SSSR count). The molecule has 2 aromatic rings. The molecule has 2 fully saturated rings. The van der Waals surface area contributed by atoms with Crippen LogP contribution in [0.5, 0.6) is 5.75 Å². The van der Waals surface area contributed by atoms with Crippen molar-refractivity contribution in [2.75, 3.05) is 13.1 Å². The molecule has 0 aromatic heterocycles. The number of ether oxygens (including phenoxy) is 1. The minimum atomic E-state index is -1.19. The average Bonchev–Trinajstić information content (AvgIpc) is 2.88. The van der Waals surface area contributed by atoms with Gasteiger partial charge in [0.25, 0.3) is 0 Å². The predicted octanol–water partition coefficient (Wildman–Crippen LogP) is 6.47. The highest BCUT2D eigenvalue weighted by Crippen LogP contribution is 2.43. The Morgan fingerprint density at radius 3 is 2.41 bits per heavy atom. The van der Waals surface area contributed by atoms with Crippen LogP contribution in [0.4, 0.5) is 4.79 Å². The van der Waals surface area contributed by atoms with E-state index in [-0.39, 0.29) is 11.9 Å². The molecule has 1 heterocycles. The Morgan fingerprint density at radius 1 is 1.10 bits per heavy atom. The number of rotatable bonds is 7. The maximum Gasteiger partial charge on any atom is 0.408 e. The van der Waals surface area contributed by atoms with Gasteiger partial charge in [0.2, 0.25) is 5.91 Å². The van der Waals surface area contributed by atoms with Crippen LogP contribution < -0.4 is 4.74 Å². The van der Waals surface area contributed by atoms with Crippen molar-refractivity contribution in [3.63, 3.8) is 0 Å². The second-order valence-electron chi connectivity index (χ2n) is 12.0. The Balaban J connectivity index is 1.60. The van der Waals surface area contributed by atoms with Gasteiger partial charge in [0.1, 0.15) is 12.4 Å². The lowest BCUT2D eigenvalue weighted by atomic mass is 9.72. The van der Waals surface area contributed by atoms with Crippen LogP contribution in [0.2, 0.25) is 5.02 Å². The first-order chi connectivity index (χ1) is 18.5. The lowest BCUT2D eigenvalue weighted by Crippen LogP contribution is -2.59. The number of carbonyl (C=O) groups is 2. The Kier molecular flexibility index (Phi) is 9.12. The van der Waals surface area contributed by atoms with Crippen molar-refractivity contribution in [3.05, 3.63) is 64.7 Å². The van der Waals surface area contributed by atoms with Gasteiger partial charge in [-0.3, -0.25) is 9.69 Å². The van der Waals surface area contributed by atoms with E-state index in [0.717, 1.165) is 24.8 Å². The second-order valence-corrected chi connectivity index (χ2v) is 12.4. The summed E-state index contributed by atoms with van der Waals surface area (Å²) in [6.45, 7) is 6.83. The maximum absolute atomic E-state index is 14.2. The molecule has 1 aliphatic heterocycles. The second kappa shape index (κ2) is 12.2. The molecule has 2 amide bonds. The Labute approximate surface area is 236 Å². The molecule has 1 unspecified atom stereocenters.